The van der Waals surface area contributed by atoms with Crippen molar-refractivity contribution in [2.45, 2.75) is 18.7 Å². The van der Waals surface area contributed by atoms with Gasteiger partial charge in [0.2, 0.25) is 15.9 Å². The maximum absolute atomic E-state index is 12.6. The van der Waals surface area contributed by atoms with Crippen molar-refractivity contribution in [1.29, 1.82) is 0 Å². The molecule has 0 heterocycles. The lowest BCUT2D eigenvalue weighted by Crippen LogP contribution is -2.31. The van der Waals surface area contributed by atoms with E-state index in [2.05, 4.69) is 21.9 Å². The molecular formula is C21H28N4O3S. The molecule has 1 amide bonds. The molecule has 0 aliphatic rings. The largest absolute Gasteiger partial charge is 0.342 e. The molecule has 0 saturated carbocycles. The van der Waals surface area contributed by atoms with Crippen LogP contribution in [0.5, 0.6) is 0 Å². The summed E-state index contributed by atoms with van der Waals surface area (Å²) in [6.45, 7) is 8.08. The molecule has 2 rings (SSSR count). The fourth-order valence-corrected chi connectivity index (χ4v) is 3.74. The van der Waals surface area contributed by atoms with Gasteiger partial charge in [-0.15, -0.1) is 0 Å². The third-order valence-corrected chi connectivity index (χ3v) is 5.64. The topological polar surface area (TPSA) is 90.5 Å². The van der Waals surface area contributed by atoms with Crippen molar-refractivity contribution in [3.05, 3.63) is 60.4 Å². The van der Waals surface area contributed by atoms with E-state index in [1.165, 1.54) is 6.92 Å². The van der Waals surface area contributed by atoms with E-state index in [4.69, 9.17) is 0 Å². The Balaban J connectivity index is 2.27. The van der Waals surface area contributed by atoms with Crippen LogP contribution in [0.25, 0.3) is 11.1 Å². The van der Waals surface area contributed by atoms with E-state index >= 15 is 0 Å². The van der Waals surface area contributed by atoms with Gasteiger partial charge in [0.25, 0.3) is 0 Å². The first kappa shape index (κ1) is 22.6. The van der Waals surface area contributed by atoms with Crippen molar-refractivity contribution in [3.63, 3.8) is 0 Å². The molecule has 0 fully saturated rings. The molecule has 156 valence electrons. The predicted octanol–water partition coefficient (Wildman–Crippen LogP) is 2.52. The SMILES string of the molecule is C=C(NC(C)=O)Nc1cc(-c2cccc(S(=O)(=O)NCCN(C)C)c2)ccc1C. The van der Waals surface area contributed by atoms with Crippen molar-refractivity contribution in [2.24, 2.45) is 0 Å². The summed E-state index contributed by atoms with van der Waals surface area (Å²) >= 11 is 0. The number of nitrogens with zero attached hydrogens (tertiary/aromatic N) is 1. The Labute approximate surface area is 172 Å². The second-order valence-corrected chi connectivity index (χ2v) is 8.81. The van der Waals surface area contributed by atoms with Crippen LogP contribution in [-0.4, -0.2) is 46.4 Å². The maximum atomic E-state index is 12.6. The molecule has 0 spiro atoms. The van der Waals surface area contributed by atoms with Crippen LogP contribution < -0.4 is 15.4 Å². The van der Waals surface area contributed by atoms with Gasteiger partial charge >= 0.3 is 0 Å². The number of anilines is 1. The Morgan fingerprint density at radius 1 is 1.10 bits per heavy atom. The molecule has 29 heavy (non-hydrogen) atoms. The predicted molar refractivity (Wildman–Crippen MR) is 117 cm³/mol. The molecular weight excluding hydrogens is 388 g/mol. The minimum absolute atomic E-state index is 0.212. The molecule has 8 heteroatoms. The molecule has 0 aliphatic heterocycles. The van der Waals surface area contributed by atoms with E-state index in [9.17, 15) is 13.2 Å². The summed E-state index contributed by atoms with van der Waals surface area (Å²) in [5.74, 6) is 0.162. The molecule has 0 atom stereocenters. The highest BCUT2D eigenvalue weighted by atomic mass is 32.2. The van der Waals surface area contributed by atoms with Crippen LogP contribution in [0.2, 0.25) is 0 Å². The minimum atomic E-state index is -3.59. The number of hydrogen-bond acceptors (Lipinski definition) is 5. The number of amides is 1. The monoisotopic (exact) mass is 416 g/mol. The van der Waals surface area contributed by atoms with E-state index in [0.29, 0.717) is 18.9 Å². The summed E-state index contributed by atoms with van der Waals surface area (Å²) in [7, 11) is 0.184. The van der Waals surface area contributed by atoms with Crippen LogP contribution in [0.3, 0.4) is 0 Å². The molecule has 2 aromatic rings. The standard InChI is InChI=1S/C21H28N4O3S/c1-15-9-10-19(14-21(15)24-16(2)23-17(3)26)18-7-6-8-20(13-18)29(27,28)22-11-12-25(4)5/h6-10,13-14,22,24H,2,11-12H2,1,3-5H3,(H,23,26). The third-order valence-electron chi connectivity index (χ3n) is 4.18. The number of carbonyl (C=O) groups excluding carboxylic acids is 1. The summed E-state index contributed by atoms with van der Waals surface area (Å²) in [6.07, 6.45) is 0. The average Bonchev–Trinajstić information content (AvgIpc) is 2.62. The molecule has 0 bridgehead atoms. The molecule has 2 aromatic carbocycles. The number of nitrogens with one attached hydrogen (secondary N) is 3. The number of sulfonamides is 1. The number of rotatable bonds is 9. The number of benzene rings is 2. The van der Waals surface area contributed by atoms with Gasteiger partial charge in [-0.3, -0.25) is 4.79 Å². The van der Waals surface area contributed by atoms with Gasteiger partial charge in [-0.2, -0.15) is 0 Å². The summed E-state index contributed by atoms with van der Waals surface area (Å²) in [5.41, 5.74) is 3.36. The molecule has 0 aliphatic carbocycles. The second-order valence-electron chi connectivity index (χ2n) is 7.04. The normalized spacial score (nSPS) is 11.3. The van der Waals surface area contributed by atoms with Crippen LogP contribution in [0.1, 0.15) is 12.5 Å². The molecule has 0 saturated heterocycles. The van der Waals surface area contributed by atoms with Crippen molar-refractivity contribution in [3.8, 4) is 11.1 Å². The van der Waals surface area contributed by atoms with Crippen LogP contribution in [0.15, 0.2) is 59.8 Å². The maximum Gasteiger partial charge on any atom is 0.240 e. The minimum Gasteiger partial charge on any atom is -0.342 e. The van der Waals surface area contributed by atoms with E-state index in [1.807, 2.05) is 50.2 Å². The van der Waals surface area contributed by atoms with Gasteiger partial charge in [-0.1, -0.05) is 30.8 Å². The lowest BCUT2D eigenvalue weighted by molar-refractivity contribution is -0.118. The zero-order valence-electron chi connectivity index (χ0n) is 17.2. The Kier molecular flexibility index (Phi) is 7.55. The first-order valence-electron chi connectivity index (χ1n) is 9.17. The zero-order valence-corrected chi connectivity index (χ0v) is 18.1. The van der Waals surface area contributed by atoms with E-state index in [1.54, 1.807) is 18.2 Å². The average molecular weight is 417 g/mol. The van der Waals surface area contributed by atoms with E-state index < -0.39 is 10.0 Å². The first-order chi connectivity index (χ1) is 13.6. The first-order valence-corrected chi connectivity index (χ1v) is 10.7. The lowest BCUT2D eigenvalue weighted by atomic mass is 10.0. The summed E-state index contributed by atoms with van der Waals surface area (Å²) in [4.78, 5) is 13.3. The fourth-order valence-electron chi connectivity index (χ4n) is 2.67. The van der Waals surface area contributed by atoms with Crippen molar-refractivity contribution < 1.29 is 13.2 Å². The lowest BCUT2D eigenvalue weighted by Gasteiger charge is -2.15. The van der Waals surface area contributed by atoms with E-state index in [0.717, 1.165) is 22.4 Å². The second kappa shape index (κ2) is 9.69. The highest BCUT2D eigenvalue weighted by Crippen LogP contribution is 2.27. The molecule has 7 nitrogen and oxygen atoms in total. The highest BCUT2D eigenvalue weighted by Gasteiger charge is 2.15. The van der Waals surface area contributed by atoms with Gasteiger partial charge in [0.1, 0.15) is 5.82 Å². The van der Waals surface area contributed by atoms with Crippen molar-refractivity contribution in [2.75, 3.05) is 32.5 Å². The van der Waals surface area contributed by atoms with E-state index in [-0.39, 0.29) is 10.8 Å². The van der Waals surface area contributed by atoms with Crippen LogP contribution in [0.4, 0.5) is 5.69 Å². The number of likely N-dealkylation sites (N-methyl/N-ethyl adjacent to an activating group) is 1. The van der Waals surface area contributed by atoms with Crippen molar-refractivity contribution >= 4 is 21.6 Å². The molecule has 0 radical (unpaired) electrons. The molecule has 3 N–H and O–H groups in total. The summed E-state index contributed by atoms with van der Waals surface area (Å²) in [6, 6.07) is 12.5. The third kappa shape index (κ3) is 6.70. The van der Waals surface area contributed by atoms with Crippen LogP contribution in [-0.2, 0) is 14.8 Å². The highest BCUT2D eigenvalue weighted by molar-refractivity contribution is 7.89. The number of carbonyl (C=O) groups is 1. The summed E-state index contributed by atoms with van der Waals surface area (Å²) in [5, 5.41) is 5.67. The number of aryl methyl sites for hydroxylation is 1. The number of hydrogen-bond donors (Lipinski definition) is 3. The molecule has 0 unspecified atom stereocenters. The van der Waals surface area contributed by atoms with Gasteiger partial charge < -0.3 is 15.5 Å². The smallest absolute Gasteiger partial charge is 0.240 e. The van der Waals surface area contributed by atoms with Gasteiger partial charge in [0, 0.05) is 25.7 Å². The Morgan fingerprint density at radius 3 is 2.45 bits per heavy atom. The van der Waals surface area contributed by atoms with Gasteiger partial charge in [0.05, 0.1) is 4.90 Å². The van der Waals surface area contributed by atoms with Crippen LogP contribution in [0, 0.1) is 6.92 Å². The Hall–Kier alpha value is -2.68. The molecule has 0 aromatic heterocycles. The quantitative estimate of drug-likeness (QED) is 0.584. The van der Waals surface area contributed by atoms with Gasteiger partial charge in [-0.25, -0.2) is 13.1 Å². The Bertz CT molecular complexity index is 1000. The van der Waals surface area contributed by atoms with Gasteiger partial charge in [-0.05, 0) is 55.9 Å². The van der Waals surface area contributed by atoms with Gasteiger partial charge in [0.15, 0.2) is 0 Å². The summed E-state index contributed by atoms with van der Waals surface area (Å²) < 4.78 is 27.8. The van der Waals surface area contributed by atoms with Crippen molar-refractivity contribution in [1.82, 2.24) is 14.9 Å². The van der Waals surface area contributed by atoms with Crippen LogP contribution >= 0.6 is 0 Å². The fraction of sp³-hybridized carbons (Fsp3) is 0.286. The zero-order chi connectivity index (χ0) is 21.6. The Morgan fingerprint density at radius 2 is 1.79 bits per heavy atom.